The molecule has 1 aliphatic heterocycles. The Bertz CT molecular complexity index is 754. The lowest BCUT2D eigenvalue weighted by atomic mass is 10.1. The summed E-state index contributed by atoms with van der Waals surface area (Å²) in [6.07, 6.45) is 3.19. The maximum absolute atomic E-state index is 12.2. The molecule has 1 atom stereocenters. The predicted molar refractivity (Wildman–Crippen MR) is 106 cm³/mol. The molecule has 2 aromatic rings. The second-order valence-corrected chi connectivity index (χ2v) is 6.96. The Morgan fingerprint density at radius 2 is 1.96 bits per heavy atom. The fourth-order valence-corrected chi connectivity index (χ4v) is 3.32. The zero-order valence-corrected chi connectivity index (χ0v) is 16.2. The number of pyridine rings is 1. The molecule has 1 N–H and O–H groups in total. The molecule has 1 aromatic heterocycles. The quantitative estimate of drug-likeness (QED) is 0.813. The number of nitrogens with one attached hydrogen (secondary N) is 1. The van der Waals surface area contributed by atoms with Crippen molar-refractivity contribution in [2.24, 2.45) is 5.92 Å². The minimum atomic E-state index is 0.0437. The van der Waals surface area contributed by atoms with Crippen LogP contribution < -0.4 is 19.7 Å². The van der Waals surface area contributed by atoms with Gasteiger partial charge in [0.1, 0.15) is 11.5 Å². The fourth-order valence-electron chi connectivity index (χ4n) is 3.32. The lowest BCUT2D eigenvalue weighted by Gasteiger charge is -2.20. The number of benzene rings is 1. The number of anilines is 1. The van der Waals surface area contributed by atoms with Gasteiger partial charge in [-0.3, -0.25) is 9.78 Å². The van der Waals surface area contributed by atoms with Crippen molar-refractivity contribution >= 4 is 11.6 Å². The Balaban J connectivity index is 1.51. The second kappa shape index (κ2) is 8.75. The lowest BCUT2D eigenvalue weighted by Crippen LogP contribution is -2.32. The maximum Gasteiger partial charge on any atom is 0.224 e. The SMILES string of the molecule is COc1cc(OC)cc(N2CCC(CNC(=O)Cc3ccc(C)nc3)C2)c1. The summed E-state index contributed by atoms with van der Waals surface area (Å²) in [6, 6.07) is 9.80. The first-order chi connectivity index (χ1) is 13.1. The molecule has 2 heterocycles. The van der Waals surface area contributed by atoms with Crippen LogP contribution in [-0.4, -0.2) is 44.7 Å². The van der Waals surface area contributed by atoms with Crippen LogP contribution >= 0.6 is 0 Å². The minimum Gasteiger partial charge on any atom is -0.497 e. The Morgan fingerprint density at radius 3 is 2.59 bits per heavy atom. The van der Waals surface area contributed by atoms with Crippen LogP contribution in [0.25, 0.3) is 0 Å². The normalized spacial score (nSPS) is 16.3. The number of rotatable bonds is 7. The number of ether oxygens (including phenoxy) is 2. The highest BCUT2D eigenvalue weighted by atomic mass is 16.5. The molecule has 3 rings (SSSR count). The number of carbonyl (C=O) groups excluding carboxylic acids is 1. The molecule has 6 nitrogen and oxygen atoms in total. The van der Waals surface area contributed by atoms with Crippen LogP contribution in [0.15, 0.2) is 36.5 Å². The zero-order chi connectivity index (χ0) is 19.2. The molecule has 1 amide bonds. The highest BCUT2D eigenvalue weighted by Crippen LogP contribution is 2.31. The van der Waals surface area contributed by atoms with Gasteiger partial charge in [0.05, 0.1) is 20.6 Å². The summed E-state index contributed by atoms with van der Waals surface area (Å²) in [7, 11) is 3.31. The number of nitrogens with zero attached hydrogens (tertiary/aromatic N) is 2. The van der Waals surface area contributed by atoms with Gasteiger partial charge in [-0.2, -0.15) is 0 Å². The van der Waals surface area contributed by atoms with Crippen molar-refractivity contribution in [1.29, 1.82) is 0 Å². The zero-order valence-electron chi connectivity index (χ0n) is 16.2. The van der Waals surface area contributed by atoms with Crippen LogP contribution in [-0.2, 0) is 11.2 Å². The van der Waals surface area contributed by atoms with Gasteiger partial charge in [-0.1, -0.05) is 6.07 Å². The van der Waals surface area contributed by atoms with E-state index in [4.69, 9.17) is 9.47 Å². The molecule has 144 valence electrons. The number of methoxy groups -OCH3 is 2. The molecule has 0 aliphatic carbocycles. The van der Waals surface area contributed by atoms with Crippen molar-refractivity contribution in [2.45, 2.75) is 19.8 Å². The van der Waals surface area contributed by atoms with E-state index >= 15 is 0 Å². The topological polar surface area (TPSA) is 63.7 Å². The Kier molecular flexibility index (Phi) is 6.16. The van der Waals surface area contributed by atoms with E-state index in [1.54, 1.807) is 20.4 Å². The molecule has 0 bridgehead atoms. The Labute approximate surface area is 160 Å². The highest BCUT2D eigenvalue weighted by Gasteiger charge is 2.24. The van der Waals surface area contributed by atoms with Gasteiger partial charge in [0.25, 0.3) is 0 Å². The molecule has 1 unspecified atom stereocenters. The van der Waals surface area contributed by atoms with Crippen molar-refractivity contribution in [3.8, 4) is 11.5 Å². The van der Waals surface area contributed by atoms with Crippen molar-refractivity contribution in [1.82, 2.24) is 10.3 Å². The van der Waals surface area contributed by atoms with Crippen LogP contribution in [0.3, 0.4) is 0 Å². The first-order valence-electron chi connectivity index (χ1n) is 9.23. The smallest absolute Gasteiger partial charge is 0.224 e. The number of hydrogen-bond donors (Lipinski definition) is 1. The van der Waals surface area contributed by atoms with Crippen molar-refractivity contribution < 1.29 is 14.3 Å². The van der Waals surface area contributed by atoms with Gasteiger partial charge in [0, 0.05) is 55.4 Å². The molecular formula is C21H27N3O3. The molecule has 1 aromatic carbocycles. The van der Waals surface area contributed by atoms with Gasteiger partial charge in [-0.25, -0.2) is 0 Å². The summed E-state index contributed by atoms with van der Waals surface area (Å²) in [6.45, 7) is 4.49. The van der Waals surface area contributed by atoms with E-state index in [1.807, 2.05) is 37.3 Å². The summed E-state index contributed by atoms with van der Waals surface area (Å²) in [4.78, 5) is 18.7. The third-order valence-corrected chi connectivity index (χ3v) is 4.91. The number of amides is 1. The molecule has 6 heteroatoms. The maximum atomic E-state index is 12.2. The Morgan fingerprint density at radius 1 is 1.22 bits per heavy atom. The molecule has 0 radical (unpaired) electrons. The van der Waals surface area contributed by atoms with Gasteiger partial charge >= 0.3 is 0 Å². The minimum absolute atomic E-state index is 0.0437. The van der Waals surface area contributed by atoms with Crippen LogP contribution in [0.2, 0.25) is 0 Å². The molecule has 1 saturated heterocycles. The number of aromatic nitrogens is 1. The highest BCUT2D eigenvalue weighted by molar-refractivity contribution is 5.78. The summed E-state index contributed by atoms with van der Waals surface area (Å²) in [5.41, 5.74) is 2.99. The summed E-state index contributed by atoms with van der Waals surface area (Å²) in [5, 5.41) is 3.06. The third-order valence-electron chi connectivity index (χ3n) is 4.91. The van der Waals surface area contributed by atoms with Crippen molar-refractivity contribution in [2.75, 3.05) is 38.8 Å². The second-order valence-electron chi connectivity index (χ2n) is 6.96. The van der Waals surface area contributed by atoms with Crippen LogP contribution in [0.5, 0.6) is 11.5 Å². The number of hydrogen-bond acceptors (Lipinski definition) is 5. The molecule has 1 fully saturated rings. The lowest BCUT2D eigenvalue weighted by molar-refractivity contribution is -0.120. The van der Waals surface area contributed by atoms with E-state index in [1.165, 1.54) is 0 Å². The van der Waals surface area contributed by atoms with Gasteiger partial charge in [-0.15, -0.1) is 0 Å². The third kappa shape index (κ3) is 5.12. The summed E-state index contributed by atoms with van der Waals surface area (Å²) < 4.78 is 10.7. The Hall–Kier alpha value is -2.76. The van der Waals surface area contributed by atoms with Crippen LogP contribution in [0.4, 0.5) is 5.69 Å². The van der Waals surface area contributed by atoms with Gasteiger partial charge < -0.3 is 19.7 Å². The average molecular weight is 369 g/mol. The molecule has 0 spiro atoms. The molecule has 27 heavy (non-hydrogen) atoms. The number of carbonyl (C=O) groups is 1. The first kappa shape index (κ1) is 19.0. The van der Waals surface area contributed by atoms with E-state index in [0.29, 0.717) is 18.9 Å². The van der Waals surface area contributed by atoms with E-state index in [2.05, 4.69) is 15.2 Å². The largest absolute Gasteiger partial charge is 0.497 e. The fraction of sp³-hybridized carbons (Fsp3) is 0.429. The molecular weight excluding hydrogens is 342 g/mol. The summed E-state index contributed by atoms with van der Waals surface area (Å²) in [5.74, 6) is 2.05. The monoisotopic (exact) mass is 369 g/mol. The van der Waals surface area contributed by atoms with Gasteiger partial charge in [0.15, 0.2) is 0 Å². The van der Waals surface area contributed by atoms with Crippen LogP contribution in [0.1, 0.15) is 17.7 Å². The van der Waals surface area contributed by atoms with Crippen LogP contribution in [0, 0.1) is 12.8 Å². The van der Waals surface area contributed by atoms with Crippen molar-refractivity contribution in [3.63, 3.8) is 0 Å². The standard InChI is InChI=1S/C21H27N3O3/c1-15-4-5-16(12-22-15)8-21(25)23-13-17-6-7-24(14-17)18-9-19(26-2)11-20(10-18)27-3/h4-5,9-12,17H,6-8,13-14H2,1-3H3,(H,23,25). The van der Waals surface area contributed by atoms with E-state index in [0.717, 1.165) is 48.0 Å². The molecule has 0 saturated carbocycles. The molecule has 1 aliphatic rings. The van der Waals surface area contributed by atoms with Gasteiger partial charge in [0.2, 0.25) is 5.91 Å². The average Bonchev–Trinajstić information content (AvgIpc) is 3.17. The van der Waals surface area contributed by atoms with Gasteiger partial charge in [-0.05, 0) is 30.9 Å². The van der Waals surface area contributed by atoms with E-state index < -0.39 is 0 Å². The first-order valence-corrected chi connectivity index (χ1v) is 9.23. The van der Waals surface area contributed by atoms with E-state index in [9.17, 15) is 4.79 Å². The summed E-state index contributed by atoms with van der Waals surface area (Å²) >= 11 is 0. The van der Waals surface area contributed by atoms with E-state index in [-0.39, 0.29) is 5.91 Å². The predicted octanol–water partition coefficient (Wildman–Crippen LogP) is 2.59. The van der Waals surface area contributed by atoms with Crippen molar-refractivity contribution in [3.05, 3.63) is 47.8 Å². The number of aryl methyl sites for hydroxylation is 1.